The largest absolute Gasteiger partial charge is 0.468 e. The number of methoxy groups -OCH3 is 1. The lowest BCUT2D eigenvalue weighted by molar-refractivity contribution is -0.142. The summed E-state index contributed by atoms with van der Waals surface area (Å²) >= 11 is 0. The molecule has 0 fully saturated rings. The van der Waals surface area contributed by atoms with Gasteiger partial charge in [-0.2, -0.15) is 0 Å². The Morgan fingerprint density at radius 3 is 2.22 bits per heavy atom. The minimum absolute atomic E-state index is 0.0340. The van der Waals surface area contributed by atoms with E-state index in [9.17, 15) is 9.59 Å². The van der Waals surface area contributed by atoms with Crippen LogP contribution in [0.4, 0.5) is 0 Å². The Labute approximate surface area is 107 Å². The first kappa shape index (κ1) is 14.4. The molecule has 0 aliphatic rings. The SMILES string of the molecule is COC(=O)C(N)CC(=O)c1ccc(C(C)C)cc1. The Balaban J connectivity index is 2.70. The van der Waals surface area contributed by atoms with Crippen molar-refractivity contribution < 1.29 is 14.3 Å². The van der Waals surface area contributed by atoms with Gasteiger partial charge in [-0.05, 0) is 11.5 Å². The second-order valence-corrected chi connectivity index (χ2v) is 4.53. The maximum atomic E-state index is 11.9. The third-order valence-corrected chi connectivity index (χ3v) is 2.81. The molecule has 4 nitrogen and oxygen atoms in total. The van der Waals surface area contributed by atoms with E-state index in [4.69, 9.17) is 5.73 Å². The normalized spacial score (nSPS) is 12.3. The number of nitrogens with two attached hydrogens (primary N) is 1. The van der Waals surface area contributed by atoms with Gasteiger partial charge in [0.1, 0.15) is 6.04 Å². The highest BCUT2D eigenvalue weighted by atomic mass is 16.5. The van der Waals surface area contributed by atoms with Crippen molar-refractivity contribution >= 4 is 11.8 Å². The van der Waals surface area contributed by atoms with E-state index in [2.05, 4.69) is 18.6 Å². The number of benzene rings is 1. The van der Waals surface area contributed by atoms with Crippen LogP contribution < -0.4 is 5.73 Å². The zero-order valence-electron chi connectivity index (χ0n) is 11.0. The molecule has 0 radical (unpaired) electrons. The molecule has 2 N–H and O–H groups in total. The smallest absolute Gasteiger partial charge is 0.323 e. The molecule has 18 heavy (non-hydrogen) atoms. The van der Waals surface area contributed by atoms with Crippen LogP contribution in [0, 0.1) is 0 Å². The van der Waals surface area contributed by atoms with E-state index in [-0.39, 0.29) is 12.2 Å². The van der Waals surface area contributed by atoms with Crippen LogP contribution in [0.25, 0.3) is 0 Å². The van der Waals surface area contributed by atoms with Crippen LogP contribution in [-0.2, 0) is 9.53 Å². The molecule has 0 bridgehead atoms. The van der Waals surface area contributed by atoms with Crippen LogP contribution in [0.1, 0.15) is 42.1 Å². The molecule has 0 aliphatic heterocycles. The van der Waals surface area contributed by atoms with E-state index in [0.717, 1.165) is 0 Å². The zero-order chi connectivity index (χ0) is 13.7. The topological polar surface area (TPSA) is 69.4 Å². The van der Waals surface area contributed by atoms with E-state index in [1.54, 1.807) is 12.1 Å². The van der Waals surface area contributed by atoms with Gasteiger partial charge in [0.05, 0.1) is 7.11 Å². The number of hydrogen-bond acceptors (Lipinski definition) is 4. The summed E-state index contributed by atoms with van der Waals surface area (Å²) in [6.45, 7) is 4.17. The fourth-order valence-corrected chi connectivity index (χ4v) is 1.61. The Hall–Kier alpha value is -1.68. The molecule has 0 aromatic heterocycles. The summed E-state index contributed by atoms with van der Waals surface area (Å²) in [5.74, 6) is -0.295. The molecule has 0 heterocycles. The third-order valence-electron chi connectivity index (χ3n) is 2.81. The van der Waals surface area contributed by atoms with Crippen molar-refractivity contribution in [2.45, 2.75) is 32.2 Å². The highest BCUT2D eigenvalue weighted by Gasteiger charge is 2.18. The van der Waals surface area contributed by atoms with E-state index in [0.29, 0.717) is 11.5 Å². The summed E-state index contributed by atoms with van der Waals surface area (Å²) in [6, 6.07) is 6.47. The predicted molar refractivity (Wildman–Crippen MR) is 69.5 cm³/mol. The van der Waals surface area contributed by atoms with Crippen molar-refractivity contribution in [3.63, 3.8) is 0 Å². The van der Waals surface area contributed by atoms with Gasteiger partial charge in [0.25, 0.3) is 0 Å². The highest BCUT2D eigenvalue weighted by molar-refractivity contribution is 5.98. The molecular weight excluding hydrogens is 230 g/mol. The van der Waals surface area contributed by atoms with Crippen LogP contribution >= 0.6 is 0 Å². The fourth-order valence-electron chi connectivity index (χ4n) is 1.61. The van der Waals surface area contributed by atoms with Gasteiger partial charge in [0.2, 0.25) is 0 Å². The average Bonchev–Trinajstić information content (AvgIpc) is 2.37. The van der Waals surface area contributed by atoms with Crippen LogP contribution in [0.2, 0.25) is 0 Å². The number of hydrogen-bond donors (Lipinski definition) is 1. The van der Waals surface area contributed by atoms with Gasteiger partial charge in [0.15, 0.2) is 5.78 Å². The third kappa shape index (κ3) is 3.67. The first-order valence-electron chi connectivity index (χ1n) is 5.92. The van der Waals surface area contributed by atoms with Crippen molar-refractivity contribution in [2.75, 3.05) is 7.11 Å². The maximum Gasteiger partial charge on any atom is 0.323 e. The van der Waals surface area contributed by atoms with Crippen molar-refractivity contribution in [1.82, 2.24) is 0 Å². The second-order valence-electron chi connectivity index (χ2n) is 4.53. The van der Waals surface area contributed by atoms with Crippen molar-refractivity contribution in [3.8, 4) is 0 Å². The summed E-state index contributed by atoms with van der Waals surface area (Å²) in [5.41, 5.74) is 7.29. The number of carbonyl (C=O) groups is 2. The lowest BCUT2D eigenvalue weighted by Crippen LogP contribution is -2.33. The molecule has 0 spiro atoms. The Morgan fingerprint density at radius 2 is 1.78 bits per heavy atom. The summed E-state index contributed by atoms with van der Waals surface area (Å²) in [4.78, 5) is 23.0. The van der Waals surface area contributed by atoms with Crippen LogP contribution in [-0.4, -0.2) is 24.9 Å². The minimum atomic E-state index is -0.896. The molecule has 1 atom stereocenters. The number of rotatable bonds is 5. The first-order valence-corrected chi connectivity index (χ1v) is 5.92. The Morgan fingerprint density at radius 1 is 1.22 bits per heavy atom. The zero-order valence-corrected chi connectivity index (χ0v) is 11.0. The average molecular weight is 249 g/mol. The van der Waals surface area contributed by atoms with Gasteiger partial charge in [-0.15, -0.1) is 0 Å². The maximum absolute atomic E-state index is 11.9. The molecular formula is C14H19NO3. The fraction of sp³-hybridized carbons (Fsp3) is 0.429. The molecule has 0 saturated carbocycles. The monoisotopic (exact) mass is 249 g/mol. The standard InChI is InChI=1S/C14H19NO3/c1-9(2)10-4-6-11(7-5-10)13(16)8-12(15)14(17)18-3/h4-7,9,12H,8,15H2,1-3H3. The van der Waals surface area contributed by atoms with Crippen molar-refractivity contribution in [1.29, 1.82) is 0 Å². The molecule has 0 saturated heterocycles. The quantitative estimate of drug-likeness (QED) is 0.639. The van der Waals surface area contributed by atoms with Gasteiger partial charge in [-0.1, -0.05) is 38.1 Å². The van der Waals surface area contributed by atoms with Gasteiger partial charge >= 0.3 is 5.97 Å². The van der Waals surface area contributed by atoms with Crippen LogP contribution in [0.5, 0.6) is 0 Å². The molecule has 98 valence electrons. The van der Waals surface area contributed by atoms with Gasteiger partial charge in [0, 0.05) is 12.0 Å². The molecule has 1 unspecified atom stereocenters. The predicted octanol–water partition coefficient (Wildman–Crippen LogP) is 1.88. The Kier molecular flexibility index (Phi) is 5.04. The first-order chi connectivity index (χ1) is 8.45. The van der Waals surface area contributed by atoms with Crippen molar-refractivity contribution in [3.05, 3.63) is 35.4 Å². The van der Waals surface area contributed by atoms with Crippen LogP contribution in [0.15, 0.2) is 24.3 Å². The van der Waals surface area contributed by atoms with Gasteiger partial charge in [-0.25, -0.2) is 0 Å². The summed E-state index contributed by atoms with van der Waals surface area (Å²) in [6.07, 6.45) is -0.0340. The number of ketones is 1. The van der Waals surface area contributed by atoms with E-state index in [1.807, 2.05) is 12.1 Å². The lowest BCUT2D eigenvalue weighted by atomic mass is 9.98. The lowest BCUT2D eigenvalue weighted by Gasteiger charge is -2.09. The molecule has 0 aliphatic carbocycles. The van der Waals surface area contributed by atoms with E-state index >= 15 is 0 Å². The number of Topliss-reactive ketones (excluding diaryl/α,β-unsaturated/α-hetero) is 1. The van der Waals surface area contributed by atoms with E-state index in [1.165, 1.54) is 12.7 Å². The summed E-state index contributed by atoms with van der Waals surface area (Å²) in [5, 5.41) is 0. The number of ether oxygens (including phenoxy) is 1. The van der Waals surface area contributed by atoms with Gasteiger partial charge in [-0.3, -0.25) is 9.59 Å². The number of carbonyl (C=O) groups excluding carboxylic acids is 2. The van der Waals surface area contributed by atoms with E-state index < -0.39 is 12.0 Å². The molecule has 0 amide bonds. The Bertz CT molecular complexity index is 423. The van der Waals surface area contributed by atoms with Gasteiger partial charge < -0.3 is 10.5 Å². The number of esters is 1. The summed E-state index contributed by atoms with van der Waals surface area (Å²) < 4.78 is 4.48. The molecule has 1 aromatic carbocycles. The molecule has 1 aromatic rings. The highest BCUT2D eigenvalue weighted by Crippen LogP contribution is 2.15. The second kappa shape index (κ2) is 6.31. The molecule has 4 heteroatoms. The minimum Gasteiger partial charge on any atom is -0.468 e. The summed E-state index contributed by atoms with van der Waals surface area (Å²) in [7, 11) is 1.25. The van der Waals surface area contributed by atoms with Crippen LogP contribution in [0.3, 0.4) is 0 Å². The van der Waals surface area contributed by atoms with Crippen molar-refractivity contribution in [2.24, 2.45) is 5.73 Å². The molecule has 1 rings (SSSR count).